The van der Waals surface area contributed by atoms with Crippen LogP contribution in [0.1, 0.15) is 44.5 Å². The number of anilines is 2. The SMILES string of the molecule is CC[C@H](C)Nc1nc(NC(C)C)nc(Oc2ccc(C(=O)OC)cc2)n1. The highest BCUT2D eigenvalue weighted by Crippen LogP contribution is 2.21. The largest absolute Gasteiger partial charge is 0.465 e. The van der Waals surface area contributed by atoms with E-state index in [4.69, 9.17) is 4.74 Å². The van der Waals surface area contributed by atoms with Crippen LogP contribution in [0.5, 0.6) is 11.8 Å². The number of benzene rings is 1. The third-order valence-electron chi connectivity index (χ3n) is 3.51. The van der Waals surface area contributed by atoms with Crippen LogP contribution in [0.4, 0.5) is 11.9 Å². The molecule has 26 heavy (non-hydrogen) atoms. The Kier molecular flexibility index (Phi) is 6.71. The van der Waals surface area contributed by atoms with Gasteiger partial charge in [0, 0.05) is 12.1 Å². The lowest BCUT2D eigenvalue weighted by molar-refractivity contribution is 0.0600. The molecular formula is C18H25N5O3. The van der Waals surface area contributed by atoms with E-state index in [9.17, 15) is 4.79 Å². The van der Waals surface area contributed by atoms with E-state index >= 15 is 0 Å². The maximum atomic E-state index is 11.5. The molecule has 0 saturated heterocycles. The predicted molar refractivity (Wildman–Crippen MR) is 99.8 cm³/mol. The van der Waals surface area contributed by atoms with E-state index in [-0.39, 0.29) is 18.1 Å². The second kappa shape index (κ2) is 8.98. The standard InChI is InChI=1S/C18H25N5O3/c1-6-12(4)20-17-21-16(19-11(2)3)22-18(23-17)26-14-9-7-13(8-10-14)15(24)25-5/h7-12H,6H2,1-5H3,(H2,19,20,21,22,23)/t12-/m0/s1. The molecule has 0 aliphatic rings. The minimum absolute atomic E-state index is 0.166. The van der Waals surface area contributed by atoms with Crippen molar-refractivity contribution < 1.29 is 14.3 Å². The van der Waals surface area contributed by atoms with Crippen molar-refractivity contribution in [2.45, 2.75) is 46.2 Å². The van der Waals surface area contributed by atoms with Gasteiger partial charge in [-0.05, 0) is 51.5 Å². The van der Waals surface area contributed by atoms with Crippen LogP contribution < -0.4 is 15.4 Å². The number of methoxy groups -OCH3 is 1. The van der Waals surface area contributed by atoms with Gasteiger partial charge in [0.25, 0.3) is 0 Å². The van der Waals surface area contributed by atoms with Crippen LogP contribution in [-0.4, -0.2) is 40.1 Å². The fraction of sp³-hybridized carbons (Fsp3) is 0.444. The maximum absolute atomic E-state index is 11.5. The summed E-state index contributed by atoms with van der Waals surface area (Å²) in [6.45, 7) is 8.12. The van der Waals surface area contributed by atoms with Gasteiger partial charge in [-0.25, -0.2) is 4.79 Å². The summed E-state index contributed by atoms with van der Waals surface area (Å²) in [6.07, 6.45) is 0.934. The summed E-state index contributed by atoms with van der Waals surface area (Å²) < 4.78 is 10.4. The lowest BCUT2D eigenvalue weighted by Gasteiger charge is -2.14. The Morgan fingerprint density at radius 1 is 1.04 bits per heavy atom. The van der Waals surface area contributed by atoms with Crippen molar-refractivity contribution in [2.75, 3.05) is 17.7 Å². The fourth-order valence-corrected chi connectivity index (χ4v) is 1.99. The van der Waals surface area contributed by atoms with E-state index in [1.807, 2.05) is 20.8 Å². The molecule has 0 unspecified atom stereocenters. The number of nitrogens with one attached hydrogen (secondary N) is 2. The molecule has 1 atom stereocenters. The average Bonchev–Trinajstić information content (AvgIpc) is 2.60. The zero-order valence-corrected chi connectivity index (χ0v) is 15.7. The molecule has 0 aliphatic heterocycles. The first-order valence-corrected chi connectivity index (χ1v) is 8.56. The molecular weight excluding hydrogens is 334 g/mol. The van der Waals surface area contributed by atoms with Gasteiger partial charge in [-0.15, -0.1) is 0 Å². The van der Waals surface area contributed by atoms with Gasteiger partial charge in [0.2, 0.25) is 11.9 Å². The van der Waals surface area contributed by atoms with E-state index < -0.39 is 5.97 Å². The first-order chi connectivity index (χ1) is 12.4. The van der Waals surface area contributed by atoms with Crippen molar-refractivity contribution >= 4 is 17.9 Å². The van der Waals surface area contributed by atoms with Crippen molar-refractivity contribution in [3.8, 4) is 11.8 Å². The number of carbonyl (C=O) groups is 1. The number of hydrogen-bond acceptors (Lipinski definition) is 8. The fourth-order valence-electron chi connectivity index (χ4n) is 1.99. The number of ether oxygens (including phenoxy) is 2. The van der Waals surface area contributed by atoms with Gasteiger partial charge in [0.1, 0.15) is 5.75 Å². The molecule has 0 aliphatic carbocycles. The minimum atomic E-state index is -0.403. The molecule has 0 amide bonds. The van der Waals surface area contributed by atoms with E-state index in [0.29, 0.717) is 23.2 Å². The van der Waals surface area contributed by atoms with E-state index in [0.717, 1.165) is 6.42 Å². The van der Waals surface area contributed by atoms with Gasteiger partial charge in [-0.3, -0.25) is 0 Å². The van der Waals surface area contributed by atoms with Crippen LogP contribution in [-0.2, 0) is 4.74 Å². The molecule has 2 N–H and O–H groups in total. The van der Waals surface area contributed by atoms with Crippen molar-refractivity contribution in [3.63, 3.8) is 0 Å². The molecule has 1 aromatic carbocycles. The minimum Gasteiger partial charge on any atom is -0.465 e. The molecule has 0 bridgehead atoms. The van der Waals surface area contributed by atoms with Crippen LogP contribution in [0, 0.1) is 0 Å². The number of aromatic nitrogens is 3. The maximum Gasteiger partial charge on any atom is 0.337 e. The Balaban J connectivity index is 2.23. The number of rotatable bonds is 8. The van der Waals surface area contributed by atoms with Crippen LogP contribution in [0.25, 0.3) is 0 Å². The first kappa shape index (κ1) is 19.4. The number of nitrogens with zero attached hydrogens (tertiary/aromatic N) is 3. The highest BCUT2D eigenvalue weighted by molar-refractivity contribution is 5.89. The Morgan fingerprint density at radius 2 is 1.65 bits per heavy atom. The van der Waals surface area contributed by atoms with Crippen molar-refractivity contribution in [1.82, 2.24) is 15.0 Å². The van der Waals surface area contributed by atoms with Crippen molar-refractivity contribution in [2.24, 2.45) is 0 Å². The van der Waals surface area contributed by atoms with E-state index in [1.165, 1.54) is 7.11 Å². The third kappa shape index (κ3) is 5.58. The normalized spacial score (nSPS) is 11.8. The second-order valence-corrected chi connectivity index (χ2v) is 6.14. The van der Waals surface area contributed by atoms with Gasteiger partial charge >= 0.3 is 12.0 Å². The Hall–Kier alpha value is -2.90. The third-order valence-corrected chi connectivity index (χ3v) is 3.51. The Labute approximate surface area is 153 Å². The van der Waals surface area contributed by atoms with Gasteiger partial charge in [0.05, 0.1) is 12.7 Å². The Morgan fingerprint density at radius 3 is 2.19 bits per heavy atom. The molecule has 0 radical (unpaired) electrons. The van der Waals surface area contributed by atoms with Crippen molar-refractivity contribution in [3.05, 3.63) is 29.8 Å². The summed E-state index contributed by atoms with van der Waals surface area (Å²) >= 11 is 0. The Bertz CT molecular complexity index is 734. The summed E-state index contributed by atoms with van der Waals surface area (Å²) in [5.74, 6) is 0.981. The van der Waals surface area contributed by atoms with Gasteiger partial charge in [-0.1, -0.05) is 6.92 Å². The monoisotopic (exact) mass is 359 g/mol. The molecule has 1 aromatic heterocycles. The van der Waals surface area contributed by atoms with Crippen LogP contribution in [0.3, 0.4) is 0 Å². The molecule has 8 nitrogen and oxygen atoms in total. The second-order valence-electron chi connectivity index (χ2n) is 6.14. The summed E-state index contributed by atoms with van der Waals surface area (Å²) in [7, 11) is 1.34. The molecule has 0 spiro atoms. The smallest absolute Gasteiger partial charge is 0.337 e. The summed E-state index contributed by atoms with van der Waals surface area (Å²) in [4.78, 5) is 24.5. The molecule has 8 heteroatoms. The predicted octanol–water partition coefficient (Wildman–Crippen LogP) is 3.48. The van der Waals surface area contributed by atoms with Crippen LogP contribution in [0.15, 0.2) is 24.3 Å². The highest BCUT2D eigenvalue weighted by Gasteiger charge is 2.12. The molecule has 1 heterocycles. The number of esters is 1. The number of hydrogen-bond donors (Lipinski definition) is 2. The molecule has 2 aromatic rings. The molecule has 0 saturated carbocycles. The zero-order chi connectivity index (χ0) is 19.1. The quantitative estimate of drug-likeness (QED) is 0.691. The first-order valence-electron chi connectivity index (χ1n) is 8.56. The summed E-state index contributed by atoms with van der Waals surface area (Å²) in [5, 5.41) is 6.37. The van der Waals surface area contributed by atoms with E-state index in [2.05, 4.69) is 37.2 Å². The summed E-state index contributed by atoms with van der Waals surface area (Å²) in [5.41, 5.74) is 0.441. The lowest BCUT2D eigenvalue weighted by Crippen LogP contribution is -2.19. The van der Waals surface area contributed by atoms with E-state index in [1.54, 1.807) is 24.3 Å². The van der Waals surface area contributed by atoms with Gasteiger partial charge in [-0.2, -0.15) is 15.0 Å². The average molecular weight is 359 g/mol. The summed E-state index contributed by atoms with van der Waals surface area (Å²) in [6, 6.07) is 7.11. The topological polar surface area (TPSA) is 98.3 Å². The lowest BCUT2D eigenvalue weighted by atomic mass is 10.2. The zero-order valence-electron chi connectivity index (χ0n) is 15.7. The molecule has 140 valence electrons. The molecule has 0 fully saturated rings. The van der Waals surface area contributed by atoms with Gasteiger partial charge in [0.15, 0.2) is 0 Å². The van der Waals surface area contributed by atoms with Crippen molar-refractivity contribution in [1.29, 1.82) is 0 Å². The van der Waals surface area contributed by atoms with Crippen LogP contribution in [0.2, 0.25) is 0 Å². The number of carbonyl (C=O) groups excluding carboxylic acids is 1. The highest BCUT2D eigenvalue weighted by atomic mass is 16.5. The van der Waals surface area contributed by atoms with Gasteiger partial charge < -0.3 is 20.1 Å². The van der Waals surface area contributed by atoms with Crippen LogP contribution >= 0.6 is 0 Å². The molecule has 2 rings (SSSR count).